The fraction of sp³-hybridized carbons (Fsp3) is 0.643. The van der Waals surface area contributed by atoms with Crippen molar-refractivity contribution in [3.05, 3.63) is 17.5 Å². The summed E-state index contributed by atoms with van der Waals surface area (Å²) in [5.74, 6) is -0.725. The minimum absolute atomic E-state index is 0.242. The number of carbonyl (C=O) groups is 2. The van der Waals surface area contributed by atoms with E-state index in [0.717, 1.165) is 19.3 Å². The van der Waals surface area contributed by atoms with Gasteiger partial charge in [-0.2, -0.15) is 5.10 Å². The molecule has 0 spiro atoms. The summed E-state index contributed by atoms with van der Waals surface area (Å²) in [5.41, 5.74) is 0.522. The summed E-state index contributed by atoms with van der Waals surface area (Å²) < 4.78 is 6.26. The Kier molecular flexibility index (Phi) is 6.76. The van der Waals surface area contributed by atoms with Gasteiger partial charge in [-0.3, -0.25) is 9.48 Å². The van der Waals surface area contributed by atoms with Crippen LogP contribution in [0.15, 0.2) is 6.07 Å². The molecule has 1 amide bonds. The van der Waals surface area contributed by atoms with Crippen LogP contribution in [0.5, 0.6) is 0 Å². The monoisotopic (exact) mass is 281 g/mol. The molecule has 0 aromatic carbocycles. The van der Waals surface area contributed by atoms with E-state index >= 15 is 0 Å². The second-order valence-corrected chi connectivity index (χ2v) is 4.58. The van der Waals surface area contributed by atoms with Gasteiger partial charge in [0.15, 0.2) is 5.69 Å². The van der Waals surface area contributed by atoms with Crippen molar-refractivity contribution in [1.29, 1.82) is 0 Å². The zero-order valence-corrected chi connectivity index (χ0v) is 12.4. The van der Waals surface area contributed by atoms with E-state index in [-0.39, 0.29) is 17.3 Å². The Morgan fingerprint density at radius 1 is 1.30 bits per heavy atom. The van der Waals surface area contributed by atoms with Crippen LogP contribution in [0.25, 0.3) is 0 Å². The molecule has 0 aliphatic rings. The average Bonchev–Trinajstić information content (AvgIpc) is 2.81. The number of esters is 1. The molecule has 0 saturated carbocycles. The number of nitrogens with zero attached hydrogens (tertiary/aromatic N) is 2. The third-order valence-electron chi connectivity index (χ3n) is 2.91. The zero-order chi connectivity index (χ0) is 15.0. The fourth-order valence-electron chi connectivity index (χ4n) is 1.82. The number of ether oxygens (including phenoxy) is 1. The molecule has 0 aliphatic carbocycles. The lowest BCUT2D eigenvalue weighted by molar-refractivity contribution is 0.0513. The standard InChI is InChI=1S/C14H23N3O3/c1-4-6-7-8-9-15-13(18)11-10-12(17(3)16-11)14(19)20-5-2/h10H,4-9H2,1-3H3,(H,15,18). The van der Waals surface area contributed by atoms with Gasteiger partial charge in [-0.1, -0.05) is 26.2 Å². The van der Waals surface area contributed by atoms with Crippen molar-refractivity contribution in [2.24, 2.45) is 7.05 Å². The highest BCUT2D eigenvalue weighted by atomic mass is 16.5. The average molecular weight is 281 g/mol. The van der Waals surface area contributed by atoms with E-state index in [9.17, 15) is 9.59 Å². The summed E-state index contributed by atoms with van der Waals surface area (Å²) in [6.45, 7) is 4.80. The Hall–Kier alpha value is -1.85. The summed E-state index contributed by atoms with van der Waals surface area (Å²) in [6, 6.07) is 1.46. The predicted molar refractivity (Wildman–Crippen MR) is 75.6 cm³/mol. The van der Waals surface area contributed by atoms with Crippen LogP contribution in [-0.4, -0.2) is 34.8 Å². The number of aromatic nitrogens is 2. The van der Waals surface area contributed by atoms with Gasteiger partial charge in [0.2, 0.25) is 0 Å². The highest BCUT2D eigenvalue weighted by Crippen LogP contribution is 2.05. The van der Waals surface area contributed by atoms with Crippen LogP contribution in [0.4, 0.5) is 0 Å². The van der Waals surface area contributed by atoms with Gasteiger partial charge >= 0.3 is 5.97 Å². The molecule has 0 unspecified atom stereocenters. The Bertz CT molecular complexity index is 455. The van der Waals surface area contributed by atoms with Crippen LogP contribution in [0, 0.1) is 0 Å². The molecule has 1 N–H and O–H groups in total. The van der Waals surface area contributed by atoms with Crippen LogP contribution in [0.1, 0.15) is 60.5 Å². The largest absolute Gasteiger partial charge is 0.461 e. The van der Waals surface area contributed by atoms with Gasteiger partial charge in [0.25, 0.3) is 5.91 Å². The van der Waals surface area contributed by atoms with Gasteiger partial charge in [-0.05, 0) is 13.3 Å². The highest BCUT2D eigenvalue weighted by Gasteiger charge is 2.17. The van der Waals surface area contributed by atoms with Gasteiger partial charge < -0.3 is 10.1 Å². The zero-order valence-electron chi connectivity index (χ0n) is 12.4. The molecule has 112 valence electrons. The third kappa shape index (κ3) is 4.68. The third-order valence-corrected chi connectivity index (χ3v) is 2.91. The summed E-state index contributed by atoms with van der Waals surface area (Å²) in [5, 5.41) is 6.84. The first-order chi connectivity index (χ1) is 9.60. The van der Waals surface area contributed by atoms with Gasteiger partial charge in [0.05, 0.1) is 6.61 Å². The number of hydrogen-bond acceptors (Lipinski definition) is 4. The van der Waals surface area contributed by atoms with E-state index in [1.807, 2.05) is 0 Å². The summed E-state index contributed by atoms with van der Waals surface area (Å²) in [7, 11) is 1.62. The van der Waals surface area contributed by atoms with Crippen LogP contribution in [0.3, 0.4) is 0 Å². The molecule has 6 nitrogen and oxygen atoms in total. The van der Waals surface area contributed by atoms with Gasteiger partial charge in [-0.15, -0.1) is 0 Å². The molecule has 0 aliphatic heterocycles. The van der Waals surface area contributed by atoms with E-state index in [4.69, 9.17) is 4.74 Å². The molecule has 1 aromatic rings. The second-order valence-electron chi connectivity index (χ2n) is 4.58. The normalized spacial score (nSPS) is 10.3. The number of rotatable bonds is 8. The van der Waals surface area contributed by atoms with Crippen molar-refractivity contribution in [2.45, 2.75) is 39.5 Å². The number of carbonyl (C=O) groups excluding carboxylic acids is 2. The van der Waals surface area contributed by atoms with Gasteiger partial charge in [0, 0.05) is 19.7 Å². The first kappa shape index (κ1) is 16.2. The molecule has 0 atom stereocenters. The molecular formula is C14H23N3O3. The van der Waals surface area contributed by atoms with Crippen LogP contribution in [-0.2, 0) is 11.8 Å². The minimum atomic E-state index is -0.468. The van der Waals surface area contributed by atoms with Crippen LogP contribution in [0.2, 0.25) is 0 Å². The molecule has 0 bridgehead atoms. The van der Waals surface area contributed by atoms with E-state index in [1.165, 1.54) is 17.2 Å². The molecule has 1 heterocycles. The molecule has 1 rings (SSSR count). The molecule has 0 radical (unpaired) electrons. The summed E-state index contributed by atoms with van der Waals surface area (Å²) >= 11 is 0. The molecule has 0 saturated heterocycles. The lowest BCUT2D eigenvalue weighted by atomic mass is 10.2. The second kappa shape index (κ2) is 8.35. The smallest absolute Gasteiger partial charge is 0.356 e. The van der Waals surface area contributed by atoms with Gasteiger partial charge in [0.1, 0.15) is 5.69 Å². The van der Waals surface area contributed by atoms with Gasteiger partial charge in [-0.25, -0.2) is 4.79 Å². The van der Waals surface area contributed by atoms with Crippen molar-refractivity contribution in [1.82, 2.24) is 15.1 Å². The van der Waals surface area contributed by atoms with Crippen LogP contribution >= 0.6 is 0 Å². The van der Waals surface area contributed by atoms with E-state index < -0.39 is 5.97 Å². The Morgan fingerprint density at radius 3 is 2.70 bits per heavy atom. The predicted octanol–water partition coefficient (Wildman–Crippen LogP) is 1.91. The summed E-state index contributed by atoms with van der Waals surface area (Å²) in [4.78, 5) is 23.5. The number of nitrogens with one attached hydrogen (secondary N) is 1. The first-order valence-electron chi connectivity index (χ1n) is 7.09. The number of aryl methyl sites for hydroxylation is 1. The first-order valence-corrected chi connectivity index (χ1v) is 7.09. The van der Waals surface area contributed by atoms with Crippen molar-refractivity contribution >= 4 is 11.9 Å². The SMILES string of the molecule is CCCCCCNC(=O)c1cc(C(=O)OCC)n(C)n1. The number of amides is 1. The maximum Gasteiger partial charge on any atom is 0.356 e. The number of hydrogen-bond donors (Lipinski definition) is 1. The molecule has 6 heteroatoms. The van der Waals surface area contributed by atoms with Crippen molar-refractivity contribution < 1.29 is 14.3 Å². The quantitative estimate of drug-likeness (QED) is 0.583. The van der Waals surface area contributed by atoms with E-state index in [1.54, 1.807) is 14.0 Å². The highest BCUT2D eigenvalue weighted by molar-refractivity contribution is 5.95. The lowest BCUT2D eigenvalue weighted by Gasteiger charge is -2.02. The fourth-order valence-corrected chi connectivity index (χ4v) is 1.82. The topological polar surface area (TPSA) is 73.2 Å². The molecular weight excluding hydrogens is 258 g/mol. The van der Waals surface area contributed by atoms with Crippen molar-refractivity contribution in [3.8, 4) is 0 Å². The summed E-state index contributed by atoms with van der Waals surface area (Å²) in [6.07, 6.45) is 4.40. The van der Waals surface area contributed by atoms with Crippen molar-refractivity contribution in [3.63, 3.8) is 0 Å². The molecule has 20 heavy (non-hydrogen) atoms. The Morgan fingerprint density at radius 2 is 2.05 bits per heavy atom. The molecule has 0 fully saturated rings. The van der Waals surface area contributed by atoms with Crippen molar-refractivity contribution in [2.75, 3.05) is 13.2 Å². The Balaban J connectivity index is 2.52. The minimum Gasteiger partial charge on any atom is -0.461 e. The number of unbranched alkanes of at least 4 members (excludes halogenated alkanes) is 3. The van der Waals surface area contributed by atoms with E-state index in [2.05, 4.69) is 17.3 Å². The maximum absolute atomic E-state index is 11.9. The van der Waals surface area contributed by atoms with E-state index in [0.29, 0.717) is 13.2 Å². The maximum atomic E-state index is 11.9. The Labute approximate surface area is 119 Å². The molecule has 1 aromatic heterocycles. The van der Waals surface area contributed by atoms with Crippen LogP contribution < -0.4 is 5.32 Å². The lowest BCUT2D eigenvalue weighted by Crippen LogP contribution is -2.24.